The molecule has 26 heavy (non-hydrogen) atoms. The van der Waals surface area contributed by atoms with Gasteiger partial charge in [-0.3, -0.25) is 4.79 Å². The van der Waals surface area contributed by atoms with E-state index in [4.69, 9.17) is 15.2 Å². The molecule has 1 amide bonds. The Bertz CT molecular complexity index is 724. The molecule has 3 rings (SSSR count). The van der Waals surface area contributed by atoms with E-state index in [0.29, 0.717) is 25.2 Å². The third-order valence-corrected chi connectivity index (χ3v) is 4.73. The Morgan fingerprint density at radius 1 is 1.23 bits per heavy atom. The molecule has 1 aliphatic rings. The topological polar surface area (TPSA) is 64.8 Å². The van der Waals surface area contributed by atoms with Gasteiger partial charge >= 0.3 is 0 Å². The minimum absolute atomic E-state index is 0.00465. The highest BCUT2D eigenvalue weighted by atomic mass is 16.5. The molecule has 0 aromatic heterocycles. The first-order valence-electron chi connectivity index (χ1n) is 9.03. The quantitative estimate of drug-likeness (QED) is 0.830. The summed E-state index contributed by atoms with van der Waals surface area (Å²) in [5.41, 5.74) is 8.31. The summed E-state index contributed by atoms with van der Waals surface area (Å²) in [5.74, 6) is 0.783. The Morgan fingerprint density at radius 3 is 2.65 bits per heavy atom. The number of nitrogens with two attached hydrogens (primary N) is 1. The van der Waals surface area contributed by atoms with Gasteiger partial charge in [-0.2, -0.15) is 0 Å². The lowest BCUT2D eigenvalue weighted by Gasteiger charge is -2.26. The number of para-hydroxylation sites is 1. The smallest absolute Gasteiger partial charge is 0.254 e. The van der Waals surface area contributed by atoms with E-state index in [9.17, 15) is 4.79 Å². The highest BCUT2D eigenvalue weighted by molar-refractivity contribution is 5.94. The van der Waals surface area contributed by atoms with E-state index < -0.39 is 0 Å². The van der Waals surface area contributed by atoms with Crippen LogP contribution in [0.5, 0.6) is 5.75 Å². The van der Waals surface area contributed by atoms with Crippen LogP contribution < -0.4 is 10.5 Å². The number of hydrogen-bond acceptors (Lipinski definition) is 4. The van der Waals surface area contributed by atoms with Crippen LogP contribution in [0, 0.1) is 0 Å². The number of nitrogens with zero attached hydrogens (tertiary/aromatic N) is 1. The normalized spacial score (nSPS) is 16.5. The molecule has 0 radical (unpaired) electrons. The molecule has 1 saturated heterocycles. The van der Waals surface area contributed by atoms with Gasteiger partial charge in [-0.15, -0.1) is 0 Å². The van der Waals surface area contributed by atoms with Crippen LogP contribution in [0.1, 0.15) is 34.3 Å². The van der Waals surface area contributed by atoms with Gasteiger partial charge in [-0.1, -0.05) is 30.3 Å². The SMILES string of the molecule is COc1ccccc1CN(CC1CCCO1)C(=O)c1ccc(CN)cc1. The molecule has 0 spiro atoms. The monoisotopic (exact) mass is 354 g/mol. The van der Waals surface area contributed by atoms with Crippen LogP contribution in [0.15, 0.2) is 48.5 Å². The number of hydrogen-bond donors (Lipinski definition) is 1. The molecule has 5 nitrogen and oxygen atoms in total. The Balaban J connectivity index is 1.82. The first kappa shape index (κ1) is 18.4. The van der Waals surface area contributed by atoms with Crippen molar-refractivity contribution in [1.29, 1.82) is 0 Å². The fraction of sp³-hybridized carbons (Fsp3) is 0.381. The third kappa shape index (κ3) is 4.42. The van der Waals surface area contributed by atoms with E-state index in [1.54, 1.807) is 7.11 Å². The standard InChI is InChI=1S/C21H26N2O3/c1-25-20-7-3-2-5-18(20)14-23(15-19-6-4-12-26-19)21(24)17-10-8-16(13-22)9-11-17/h2-3,5,7-11,19H,4,6,12-15,22H2,1H3. The van der Waals surface area contributed by atoms with E-state index in [-0.39, 0.29) is 12.0 Å². The van der Waals surface area contributed by atoms with E-state index in [1.807, 2.05) is 53.4 Å². The van der Waals surface area contributed by atoms with Crippen LogP contribution in [0.2, 0.25) is 0 Å². The Morgan fingerprint density at radius 2 is 2.00 bits per heavy atom. The first-order chi connectivity index (χ1) is 12.7. The van der Waals surface area contributed by atoms with E-state index in [1.165, 1.54) is 0 Å². The summed E-state index contributed by atoms with van der Waals surface area (Å²) in [6.07, 6.45) is 2.13. The van der Waals surface area contributed by atoms with Crippen molar-refractivity contribution >= 4 is 5.91 Å². The summed E-state index contributed by atoms with van der Waals surface area (Å²) >= 11 is 0. The van der Waals surface area contributed by atoms with Crippen LogP contribution in [0.25, 0.3) is 0 Å². The van der Waals surface area contributed by atoms with Crippen LogP contribution >= 0.6 is 0 Å². The van der Waals surface area contributed by atoms with Gasteiger partial charge in [0.05, 0.1) is 13.2 Å². The lowest BCUT2D eigenvalue weighted by Crippen LogP contribution is -2.37. The highest BCUT2D eigenvalue weighted by Crippen LogP contribution is 2.22. The van der Waals surface area contributed by atoms with Gasteiger partial charge < -0.3 is 20.1 Å². The molecule has 138 valence electrons. The van der Waals surface area contributed by atoms with Crippen molar-refractivity contribution in [2.24, 2.45) is 5.73 Å². The molecule has 0 saturated carbocycles. The van der Waals surface area contributed by atoms with Gasteiger partial charge in [-0.25, -0.2) is 0 Å². The molecule has 1 fully saturated rings. The minimum atomic E-state index is -0.00465. The van der Waals surface area contributed by atoms with E-state index in [0.717, 1.165) is 36.3 Å². The average molecular weight is 354 g/mol. The fourth-order valence-corrected chi connectivity index (χ4v) is 3.26. The van der Waals surface area contributed by atoms with Crippen molar-refractivity contribution in [1.82, 2.24) is 4.90 Å². The molecular weight excluding hydrogens is 328 g/mol. The first-order valence-corrected chi connectivity index (χ1v) is 9.03. The van der Waals surface area contributed by atoms with Gasteiger partial charge in [0.15, 0.2) is 0 Å². The number of carbonyl (C=O) groups excluding carboxylic acids is 1. The molecule has 1 heterocycles. The van der Waals surface area contributed by atoms with Crippen molar-refractivity contribution in [2.75, 3.05) is 20.3 Å². The predicted molar refractivity (Wildman–Crippen MR) is 101 cm³/mol. The predicted octanol–water partition coefficient (Wildman–Crippen LogP) is 2.98. The molecule has 2 aromatic rings. The van der Waals surface area contributed by atoms with E-state index >= 15 is 0 Å². The van der Waals surface area contributed by atoms with Crippen molar-refractivity contribution in [3.05, 3.63) is 65.2 Å². The van der Waals surface area contributed by atoms with Crippen LogP contribution in [-0.4, -0.2) is 37.2 Å². The summed E-state index contributed by atoms with van der Waals surface area (Å²) in [4.78, 5) is 15.0. The Labute approximate surface area is 154 Å². The zero-order valence-corrected chi connectivity index (χ0v) is 15.2. The maximum absolute atomic E-state index is 13.1. The lowest BCUT2D eigenvalue weighted by atomic mass is 10.1. The second kappa shape index (κ2) is 8.83. The second-order valence-electron chi connectivity index (χ2n) is 6.53. The lowest BCUT2D eigenvalue weighted by molar-refractivity contribution is 0.0505. The Hall–Kier alpha value is -2.37. The zero-order valence-electron chi connectivity index (χ0n) is 15.2. The molecule has 2 N–H and O–H groups in total. The summed E-state index contributed by atoms with van der Waals surface area (Å²) in [5, 5.41) is 0. The van der Waals surface area contributed by atoms with Gasteiger partial charge in [0, 0.05) is 37.4 Å². The molecule has 0 aliphatic carbocycles. The number of benzene rings is 2. The summed E-state index contributed by atoms with van der Waals surface area (Å²) < 4.78 is 11.2. The van der Waals surface area contributed by atoms with Crippen LogP contribution in [0.3, 0.4) is 0 Å². The molecule has 1 atom stereocenters. The summed E-state index contributed by atoms with van der Waals surface area (Å²) in [6, 6.07) is 15.3. The van der Waals surface area contributed by atoms with Gasteiger partial charge in [0.2, 0.25) is 0 Å². The largest absolute Gasteiger partial charge is 0.496 e. The van der Waals surface area contributed by atoms with Gasteiger partial charge in [-0.05, 0) is 36.6 Å². The molecule has 2 aromatic carbocycles. The third-order valence-electron chi connectivity index (χ3n) is 4.73. The highest BCUT2D eigenvalue weighted by Gasteiger charge is 2.24. The molecule has 5 heteroatoms. The van der Waals surface area contributed by atoms with Crippen LogP contribution in [0.4, 0.5) is 0 Å². The Kier molecular flexibility index (Phi) is 6.26. The van der Waals surface area contributed by atoms with Gasteiger partial charge in [0.25, 0.3) is 5.91 Å². The molecule has 1 aliphatic heterocycles. The molecule has 1 unspecified atom stereocenters. The van der Waals surface area contributed by atoms with Crippen molar-refractivity contribution in [3.8, 4) is 5.75 Å². The minimum Gasteiger partial charge on any atom is -0.496 e. The van der Waals surface area contributed by atoms with Crippen molar-refractivity contribution < 1.29 is 14.3 Å². The number of methoxy groups -OCH3 is 1. The van der Waals surface area contributed by atoms with Crippen LogP contribution in [-0.2, 0) is 17.8 Å². The number of carbonyl (C=O) groups is 1. The van der Waals surface area contributed by atoms with Gasteiger partial charge in [0.1, 0.15) is 5.75 Å². The van der Waals surface area contributed by atoms with Crippen molar-refractivity contribution in [3.63, 3.8) is 0 Å². The average Bonchev–Trinajstić information content (AvgIpc) is 3.20. The number of ether oxygens (including phenoxy) is 2. The second-order valence-corrected chi connectivity index (χ2v) is 6.53. The maximum atomic E-state index is 13.1. The fourth-order valence-electron chi connectivity index (χ4n) is 3.26. The molecular formula is C21H26N2O3. The van der Waals surface area contributed by atoms with Crippen molar-refractivity contribution in [2.45, 2.75) is 32.0 Å². The van der Waals surface area contributed by atoms with E-state index in [2.05, 4.69) is 0 Å². The number of amides is 1. The summed E-state index contributed by atoms with van der Waals surface area (Å²) in [7, 11) is 1.65. The zero-order chi connectivity index (χ0) is 18.4. The maximum Gasteiger partial charge on any atom is 0.254 e. The summed E-state index contributed by atoms with van der Waals surface area (Å²) in [6.45, 7) is 2.30. The number of rotatable bonds is 7. The molecule has 0 bridgehead atoms.